The van der Waals surface area contributed by atoms with Crippen LogP contribution in [0.25, 0.3) is 0 Å². The van der Waals surface area contributed by atoms with E-state index in [-0.39, 0.29) is 6.04 Å². The lowest BCUT2D eigenvalue weighted by atomic mass is 9.86. The molecule has 3 rings (SSSR count). The van der Waals surface area contributed by atoms with E-state index in [1.165, 1.54) is 14.0 Å². The van der Waals surface area contributed by atoms with E-state index in [4.69, 9.17) is 10.6 Å². The number of fused-ring (bicyclic) bond motifs is 1. The molecule has 2 atom stereocenters. The average Bonchev–Trinajstić information content (AvgIpc) is 2.91. The first-order chi connectivity index (χ1) is 9.78. The van der Waals surface area contributed by atoms with E-state index < -0.39 is 0 Å². The van der Waals surface area contributed by atoms with Crippen LogP contribution in [-0.2, 0) is 0 Å². The van der Waals surface area contributed by atoms with Gasteiger partial charge in [0.05, 0.1) is 9.49 Å². The van der Waals surface area contributed by atoms with E-state index in [9.17, 15) is 0 Å². The number of nitrogens with two attached hydrogens (primary N) is 1. The molecular formula is C15H17IN2OS. The molecule has 2 unspecified atom stereocenters. The summed E-state index contributed by atoms with van der Waals surface area (Å²) in [7, 11) is 0. The van der Waals surface area contributed by atoms with Crippen LogP contribution < -0.4 is 16.0 Å². The highest BCUT2D eigenvalue weighted by molar-refractivity contribution is 14.1. The molecule has 0 saturated carbocycles. The Morgan fingerprint density at radius 1 is 1.45 bits per heavy atom. The lowest BCUT2D eigenvalue weighted by molar-refractivity contribution is 0.255. The molecule has 1 aromatic carbocycles. The van der Waals surface area contributed by atoms with Crippen LogP contribution in [0, 0.1) is 2.88 Å². The highest BCUT2D eigenvalue weighted by atomic mass is 127. The quantitative estimate of drug-likeness (QED) is 0.466. The number of halogens is 1. The van der Waals surface area contributed by atoms with E-state index in [2.05, 4.69) is 57.7 Å². The van der Waals surface area contributed by atoms with E-state index in [0.29, 0.717) is 5.92 Å². The van der Waals surface area contributed by atoms with Crippen LogP contribution in [0.3, 0.4) is 0 Å². The van der Waals surface area contributed by atoms with Crippen molar-refractivity contribution in [3.8, 4) is 5.75 Å². The Kier molecular flexibility index (Phi) is 4.60. The van der Waals surface area contributed by atoms with Gasteiger partial charge < -0.3 is 4.74 Å². The summed E-state index contributed by atoms with van der Waals surface area (Å²) in [5.41, 5.74) is 5.56. The number of ether oxygens (including phenoxy) is 1. The van der Waals surface area contributed by atoms with Crippen LogP contribution in [0.2, 0.25) is 0 Å². The van der Waals surface area contributed by atoms with Gasteiger partial charge in [0, 0.05) is 6.04 Å². The molecule has 3 nitrogen and oxygen atoms in total. The molecule has 1 aliphatic heterocycles. The van der Waals surface area contributed by atoms with Crippen molar-refractivity contribution < 1.29 is 4.74 Å². The summed E-state index contributed by atoms with van der Waals surface area (Å²) in [6.45, 7) is 0.792. The van der Waals surface area contributed by atoms with E-state index in [1.807, 2.05) is 6.07 Å². The Bertz CT molecular complexity index is 587. The summed E-state index contributed by atoms with van der Waals surface area (Å²) >= 11 is 4.11. The molecule has 0 saturated heterocycles. The van der Waals surface area contributed by atoms with Crippen molar-refractivity contribution in [1.29, 1.82) is 0 Å². The lowest BCUT2D eigenvalue weighted by Crippen LogP contribution is -2.30. The number of para-hydroxylation sites is 1. The first-order valence-corrected chi connectivity index (χ1v) is 8.65. The SMILES string of the molecule is NNC(CC1CCOc2ccccc21)c1csc(I)c1. The molecule has 2 heterocycles. The fourth-order valence-corrected chi connectivity index (χ4v) is 4.18. The number of hydrazine groups is 1. The molecule has 0 bridgehead atoms. The topological polar surface area (TPSA) is 47.3 Å². The fourth-order valence-electron chi connectivity index (χ4n) is 2.75. The third kappa shape index (κ3) is 3.00. The van der Waals surface area contributed by atoms with Crippen molar-refractivity contribution >= 4 is 33.9 Å². The number of rotatable bonds is 4. The van der Waals surface area contributed by atoms with E-state index in [0.717, 1.165) is 25.2 Å². The Hall–Kier alpha value is -0.630. The molecule has 5 heteroatoms. The molecular weight excluding hydrogens is 383 g/mol. The summed E-state index contributed by atoms with van der Waals surface area (Å²) in [5.74, 6) is 7.30. The minimum Gasteiger partial charge on any atom is -0.493 e. The molecule has 3 N–H and O–H groups in total. The van der Waals surface area contributed by atoms with Gasteiger partial charge in [-0.2, -0.15) is 0 Å². The number of nitrogens with one attached hydrogen (secondary N) is 1. The third-order valence-electron chi connectivity index (χ3n) is 3.79. The molecule has 0 amide bonds. The monoisotopic (exact) mass is 400 g/mol. The summed E-state index contributed by atoms with van der Waals surface area (Å²) in [6, 6.07) is 10.7. The Balaban J connectivity index is 1.80. The fraction of sp³-hybridized carbons (Fsp3) is 0.333. The van der Waals surface area contributed by atoms with Crippen LogP contribution in [-0.4, -0.2) is 6.61 Å². The van der Waals surface area contributed by atoms with Gasteiger partial charge in [0.15, 0.2) is 0 Å². The summed E-state index contributed by atoms with van der Waals surface area (Å²) in [4.78, 5) is 0. The normalized spacial score (nSPS) is 19.2. The van der Waals surface area contributed by atoms with Crippen LogP contribution in [0.5, 0.6) is 5.75 Å². The zero-order valence-electron chi connectivity index (χ0n) is 11.0. The van der Waals surface area contributed by atoms with Gasteiger partial charge in [-0.1, -0.05) is 18.2 Å². The van der Waals surface area contributed by atoms with Gasteiger partial charge in [-0.05, 0) is 70.0 Å². The second-order valence-corrected chi connectivity index (χ2v) is 7.82. The van der Waals surface area contributed by atoms with Gasteiger partial charge in [-0.25, -0.2) is 0 Å². The van der Waals surface area contributed by atoms with Gasteiger partial charge in [-0.3, -0.25) is 11.3 Å². The molecule has 0 aliphatic carbocycles. The number of hydrogen-bond donors (Lipinski definition) is 2. The highest BCUT2D eigenvalue weighted by Gasteiger charge is 2.25. The first kappa shape index (κ1) is 14.3. The van der Waals surface area contributed by atoms with E-state index >= 15 is 0 Å². The first-order valence-electron chi connectivity index (χ1n) is 6.69. The van der Waals surface area contributed by atoms with Crippen molar-refractivity contribution in [2.75, 3.05) is 6.61 Å². The summed E-state index contributed by atoms with van der Waals surface area (Å²) in [5, 5.41) is 2.19. The number of hydrogen-bond acceptors (Lipinski definition) is 4. The van der Waals surface area contributed by atoms with Crippen molar-refractivity contribution in [2.45, 2.75) is 24.8 Å². The Labute approximate surface area is 136 Å². The van der Waals surface area contributed by atoms with Crippen molar-refractivity contribution in [2.24, 2.45) is 5.84 Å². The van der Waals surface area contributed by atoms with Gasteiger partial charge in [0.25, 0.3) is 0 Å². The molecule has 106 valence electrons. The van der Waals surface area contributed by atoms with Crippen LogP contribution in [0.4, 0.5) is 0 Å². The minimum atomic E-state index is 0.200. The smallest absolute Gasteiger partial charge is 0.122 e. The number of benzene rings is 1. The maximum Gasteiger partial charge on any atom is 0.122 e. The van der Waals surface area contributed by atoms with Crippen molar-refractivity contribution in [3.63, 3.8) is 0 Å². The predicted molar refractivity (Wildman–Crippen MR) is 91.0 cm³/mol. The van der Waals surface area contributed by atoms with Crippen LogP contribution >= 0.6 is 33.9 Å². The minimum absolute atomic E-state index is 0.200. The maximum atomic E-state index is 5.77. The Morgan fingerprint density at radius 3 is 3.05 bits per heavy atom. The second kappa shape index (κ2) is 6.43. The zero-order chi connectivity index (χ0) is 13.9. The standard InChI is InChI=1S/C15H17IN2OS/c16-15-8-11(9-20-15)13(18-17)7-10-5-6-19-14-4-2-1-3-12(10)14/h1-4,8-10,13,18H,5-7,17H2. The third-order valence-corrected chi connectivity index (χ3v) is 5.60. The largest absolute Gasteiger partial charge is 0.493 e. The number of thiophene rings is 1. The van der Waals surface area contributed by atoms with Gasteiger partial charge >= 0.3 is 0 Å². The zero-order valence-corrected chi connectivity index (χ0v) is 14.0. The van der Waals surface area contributed by atoms with Crippen molar-refractivity contribution in [3.05, 3.63) is 49.7 Å². The lowest BCUT2D eigenvalue weighted by Gasteiger charge is -2.28. The molecule has 1 aromatic heterocycles. The second-order valence-electron chi connectivity index (χ2n) is 5.01. The highest BCUT2D eigenvalue weighted by Crippen LogP contribution is 2.39. The van der Waals surface area contributed by atoms with Crippen LogP contribution in [0.1, 0.15) is 35.9 Å². The predicted octanol–water partition coefficient (Wildman–Crippen LogP) is 3.81. The van der Waals surface area contributed by atoms with Crippen molar-refractivity contribution in [1.82, 2.24) is 5.43 Å². The summed E-state index contributed by atoms with van der Waals surface area (Å²) < 4.78 is 7.02. The molecule has 0 radical (unpaired) electrons. The van der Waals surface area contributed by atoms with Gasteiger partial charge in [0.1, 0.15) is 5.75 Å². The Morgan fingerprint density at radius 2 is 2.30 bits per heavy atom. The molecule has 20 heavy (non-hydrogen) atoms. The molecule has 0 spiro atoms. The molecule has 1 aliphatic rings. The molecule has 0 fully saturated rings. The molecule has 2 aromatic rings. The van der Waals surface area contributed by atoms with Gasteiger partial charge in [-0.15, -0.1) is 11.3 Å². The van der Waals surface area contributed by atoms with E-state index in [1.54, 1.807) is 11.3 Å². The van der Waals surface area contributed by atoms with Crippen LogP contribution in [0.15, 0.2) is 35.7 Å². The maximum absolute atomic E-state index is 5.77. The summed E-state index contributed by atoms with van der Waals surface area (Å²) in [6.07, 6.45) is 2.06. The average molecular weight is 400 g/mol. The van der Waals surface area contributed by atoms with Gasteiger partial charge in [0.2, 0.25) is 0 Å².